The van der Waals surface area contributed by atoms with E-state index in [0.29, 0.717) is 12.3 Å². The zero-order valence-corrected chi connectivity index (χ0v) is 9.89. The van der Waals surface area contributed by atoms with Crippen molar-refractivity contribution in [2.24, 2.45) is 5.41 Å². The van der Waals surface area contributed by atoms with Crippen LogP contribution in [0.2, 0.25) is 0 Å². The summed E-state index contributed by atoms with van der Waals surface area (Å²) >= 11 is 5.76. The molecule has 1 aliphatic heterocycles. The van der Waals surface area contributed by atoms with E-state index in [1.54, 1.807) is 0 Å². The van der Waals surface area contributed by atoms with E-state index in [-0.39, 0.29) is 6.10 Å². The Bertz CT molecular complexity index is 460. The molecule has 1 saturated heterocycles. The van der Waals surface area contributed by atoms with Crippen molar-refractivity contribution in [2.75, 3.05) is 5.88 Å². The number of nitriles is 2. The van der Waals surface area contributed by atoms with Crippen LogP contribution < -0.4 is 0 Å². The van der Waals surface area contributed by atoms with E-state index >= 15 is 0 Å². The molecule has 3 nitrogen and oxygen atoms in total. The molecule has 0 unspecified atom stereocenters. The quantitative estimate of drug-likeness (QED) is 0.754. The molecule has 1 aliphatic rings. The summed E-state index contributed by atoms with van der Waals surface area (Å²) in [6.07, 6.45) is -0.382. The molecule has 0 aliphatic carbocycles. The molecular formula is C13H11ClN2O. The maximum absolute atomic E-state index is 9.27. The Labute approximate surface area is 105 Å². The number of benzene rings is 1. The first-order valence-corrected chi connectivity index (χ1v) is 5.88. The zero-order valence-electron chi connectivity index (χ0n) is 9.14. The number of alkyl halides is 1. The van der Waals surface area contributed by atoms with Gasteiger partial charge in [0, 0.05) is 12.3 Å². The molecule has 0 radical (unpaired) electrons. The van der Waals surface area contributed by atoms with Crippen LogP contribution in [0, 0.1) is 28.1 Å². The van der Waals surface area contributed by atoms with Crippen molar-refractivity contribution in [2.45, 2.75) is 18.6 Å². The van der Waals surface area contributed by atoms with Crippen LogP contribution >= 0.6 is 11.6 Å². The number of ether oxygens (including phenoxy) is 1. The van der Waals surface area contributed by atoms with Gasteiger partial charge in [-0.25, -0.2) is 0 Å². The third-order valence-electron chi connectivity index (χ3n) is 3.00. The zero-order chi connectivity index (χ0) is 12.3. The minimum absolute atomic E-state index is 0.235. The van der Waals surface area contributed by atoms with E-state index in [1.165, 1.54) is 0 Å². The molecule has 2 rings (SSSR count). The molecular weight excluding hydrogens is 236 g/mol. The summed E-state index contributed by atoms with van der Waals surface area (Å²) in [6, 6.07) is 13.5. The molecule has 1 aromatic rings. The molecule has 0 N–H and O–H groups in total. The Hall–Kier alpha value is -1.55. The van der Waals surface area contributed by atoms with Gasteiger partial charge in [0.15, 0.2) is 5.41 Å². The highest BCUT2D eigenvalue weighted by Gasteiger charge is 2.50. The minimum atomic E-state index is -1.12. The molecule has 0 amide bonds. The topological polar surface area (TPSA) is 56.8 Å². The largest absolute Gasteiger partial charge is 0.366 e. The number of rotatable bonds is 2. The van der Waals surface area contributed by atoms with E-state index < -0.39 is 11.5 Å². The van der Waals surface area contributed by atoms with E-state index in [9.17, 15) is 10.5 Å². The fourth-order valence-corrected chi connectivity index (χ4v) is 2.32. The molecule has 1 aromatic carbocycles. The molecule has 1 fully saturated rings. The molecule has 0 aromatic heterocycles. The Morgan fingerprint density at radius 1 is 1.29 bits per heavy atom. The van der Waals surface area contributed by atoms with Crippen LogP contribution in [0.25, 0.3) is 0 Å². The fraction of sp³-hybridized carbons (Fsp3) is 0.385. The number of hydrogen-bond acceptors (Lipinski definition) is 3. The molecule has 1 heterocycles. The van der Waals surface area contributed by atoms with Crippen LogP contribution in [0.3, 0.4) is 0 Å². The van der Waals surface area contributed by atoms with Gasteiger partial charge in [0.25, 0.3) is 0 Å². The number of hydrogen-bond donors (Lipinski definition) is 0. The van der Waals surface area contributed by atoms with Gasteiger partial charge in [-0.3, -0.25) is 0 Å². The van der Waals surface area contributed by atoms with Crippen LogP contribution in [0.5, 0.6) is 0 Å². The fourth-order valence-electron chi connectivity index (χ4n) is 2.14. The summed E-state index contributed by atoms with van der Waals surface area (Å²) in [7, 11) is 0. The third kappa shape index (κ3) is 2.00. The average Bonchev–Trinajstić information content (AvgIpc) is 2.79. The van der Waals surface area contributed by atoms with Gasteiger partial charge >= 0.3 is 0 Å². The summed E-state index contributed by atoms with van der Waals surface area (Å²) in [5.41, 5.74) is -0.274. The van der Waals surface area contributed by atoms with Crippen LogP contribution in [0.4, 0.5) is 0 Å². The van der Waals surface area contributed by atoms with E-state index in [1.807, 2.05) is 30.3 Å². The van der Waals surface area contributed by atoms with Gasteiger partial charge in [0.2, 0.25) is 0 Å². The van der Waals surface area contributed by atoms with Crippen LogP contribution in [-0.4, -0.2) is 12.0 Å². The highest BCUT2D eigenvalue weighted by Crippen LogP contribution is 2.47. The van der Waals surface area contributed by atoms with E-state index in [4.69, 9.17) is 16.3 Å². The first-order valence-electron chi connectivity index (χ1n) is 5.34. The van der Waals surface area contributed by atoms with Crippen LogP contribution in [0.1, 0.15) is 18.1 Å². The van der Waals surface area contributed by atoms with Crippen molar-refractivity contribution < 1.29 is 4.74 Å². The molecule has 2 atom stereocenters. The van der Waals surface area contributed by atoms with Gasteiger partial charge in [-0.1, -0.05) is 30.3 Å². The van der Waals surface area contributed by atoms with Gasteiger partial charge in [-0.15, -0.1) is 11.6 Å². The number of halogens is 1. The van der Waals surface area contributed by atoms with Gasteiger partial charge in [0.05, 0.1) is 18.2 Å². The SMILES string of the molecule is N#CC1(C#N)C[C@@H](CCl)O[C@H]1c1ccccc1. The van der Waals surface area contributed by atoms with Crippen molar-refractivity contribution in [3.05, 3.63) is 35.9 Å². The second kappa shape index (κ2) is 4.75. The van der Waals surface area contributed by atoms with Gasteiger partial charge in [-0.05, 0) is 5.56 Å². The van der Waals surface area contributed by atoms with Gasteiger partial charge in [0.1, 0.15) is 6.10 Å². The molecule has 0 bridgehead atoms. The van der Waals surface area contributed by atoms with E-state index in [2.05, 4.69) is 12.1 Å². The summed E-state index contributed by atoms with van der Waals surface area (Å²) in [5, 5.41) is 18.5. The monoisotopic (exact) mass is 246 g/mol. The summed E-state index contributed by atoms with van der Waals surface area (Å²) in [6.45, 7) is 0. The van der Waals surface area contributed by atoms with Crippen LogP contribution in [-0.2, 0) is 4.74 Å². The third-order valence-corrected chi connectivity index (χ3v) is 3.34. The summed E-state index contributed by atoms with van der Waals surface area (Å²) in [4.78, 5) is 0. The first kappa shape index (κ1) is 11.9. The molecule has 17 heavy (non-hydrogen) atoms. The molecule has 0 saturated carbocycles. The predicted octanol–water partition coefficient (Wildman–Crippen LogP) is 2.79. The summed E-state index contributed by atoms with van der Waals surface area (Å²) in [5.74, 6) is 0.300. The standard InChI is InChI=1S/C13H11ClN2O/c14-7-11-6-13(8-15,9-16)12(17-11)10-4-2-1-3-5-10/h1-5,11-12H,6-7H2/t11-,12-/m0/s1. The lowest BCUT2D eigenvalue weighted by Gasteiger charge is -2.19. The predicted molar refractivity (Wildman–Crippen MR) is 63.1 cm³/mol. The highest BCUT2D eigenvalue weighted by molar-refractivity contribution is 6.18. The van der Waals surface area contributed by atoms with Crippen LogP contribution in [0.15, 0.2) is 30.3 Å². The second-order valence-electron chi connectivity index (χ2n) is 4.10. The van der Waals surface area contributed by atoms with Crippen molar-refractivity contribution >= 4 is 11.6 Å². The first-order chi connectivity index (χ1) is 8.25. The lowest BCUT2D eigenvalue weighted by Crippen LogP contribution is -2.20. The maximum Gasteiger partial charge on any atom is 0.176 e. The van der Waals surface area contributed by atoms with Crippen molar-refractivity contribution in [3.63, 3.8) is 0 Å². The smallest absolute Gasteiger partial charge is 0.176 e. The number of nitrogens with zero attached hydrogens (tertiary/aromatic N) is 2. The lowest BCUT2D eigenvalue weighted by atomic mass is 9.80. The lowest BCUT2D eigenvalue weighted by molar-refractivity contribution is 0.0419. The van der Waals surface area contributed by atoms with Crippen molar-refractivity contribution in [1.29, 1.82) is 10.5 Å². The van der Waals surface area contributed by atoms with Crippen molar-refractivity contribution in [3.8, 4) is 12.1 Å². The summed E-state index contributed by atoms with van der Waals surface area (Å²) < 4.78 is 5.72. The molecule has 86 valence electrons. The van der Waals surface area contributed by atoms with Gasteiger partial charge in [-0.2, -0.15) is 10.5 Å². The Kier molecular flexibility index (Phi) is 3.33. The average molecular weight is 247 g/mol. The Morgan fingerprint density at radius 3 is 2.47 bits per heavy atom. The Balaban J connectivity index is 2.39. The van der Waals surface area contributed by atoms with E-state index in [0.717, 1.165) is 5.56 Å². The molecule has 4 heteroatoms. The minimum Gasteiger partial charge on any atom is -0.366 e. The van der Waals surface area contributed by atoms with Crippen molar-refractivity contribution in [1.82, 2.24) is 0 Å². The second-order valence-corrected chi connectivity index (χ2v) is 4.41. The Morgan fingerprint density at radius 2 is 1.94 bits per heavy atom. The van der Waals surface area contributed by atoms with Gasteiger partial charge < -0.3 is 4.74 Å². The highest BCUT2D eigenvalue weighted by atomic mass is 35.5. The maximum atomic E-state index is 9.27. The normalized spacial score (nSPS) is 26.1. The molecule has 0 spiro atoms.